The van der Waals surface area contributed by atoms with Gasteiger partial charge in [0.2, 0.25) is 0 Å². The molecule has 0 unspecified atom stereocenters. The molecule has 0 atom stereocenters. The first-order chi connectivity index (χ1) is 18.5. The highest BCUT2D eigenvalue weighted by molar-refractivity contribution is 7.10. The second-order valence-corrected chi connectivity index (χ2v) is 9.52. The average Bonchev–Trinajstić information content (AvgIpc) is 3.57. The van der Waals surface area contributed by atoms with E-state index in [2.05, 4.69) is 34.3 Å². The number of carbonyl (C=O) groups excluding carboxylic acids is 2. The molecule has 5 aromatic rings. The summed E-state index contributed by atoms with van der Waals surface area (Å²) in [4.78, 5) is 27.4. The fourth-order valence-corrected chi connectivity index (χ4v) is 5.17. The minimum Gasteiger partial charge on any atom is -0.493 e. The maximum absolute atomic E-state index is 13.5. The molecule has 0 saturated carbocycles. The lowest BCUT2D eigenvalue weighted by Gasteiger charge is -2.13. The number of carbonyl (C=O) groups is 2. The Morgan fingerprint density at radius 2 is 1.68 bits per heavy atom. The predicted octanol–water partition coefficient (Wildman–Crippen LogP) is 6.30. The van der Waals surface area contributed by atoms with Crippen molar-refractivity contribution in [1.82, 2.24) is 9.88 Å². The van der Waals surface area contributed by atoms with Crippen LogP contribution in [0.4, 0.5) is 5.69 Å². The number of aryl methyl sites for hydroxylation is 1. The SMILES string of the molecule is CCn1c2ccccc2c2cc(NC(=O)/C(=C/c3cccs3)NC(=O)c3ccc(OC)c(OC)c3)ccc21. The van der Waals surface area contributed by atoms with Crippen LogP contribution in [0.15, 0.2) is 83.9 Å². The number of para-hydroxylation sites is 1. The van der Waals surface area contributed by atoms with Gasteiger partial charge in [0.15, 0.2) is 11.5 Å². The number of amides is 2. The fraction of sp³-hybridized carbons (Fsp3) is 0.133. The fourth-order valence-electron chi connectivity index (χ4n) is 4.52. The van der Waals surface area contributed by atoms with E-state index in [9.17, 15) is 9.59 Å². The van der Waals surface area contributed by atoms with Crippen LogP contribution in [0.5, 0.6) is 11.5 Å². The van der Waals surface area contributed by atoms with E-state index in [1.54, 1.807) is 24.3 Å². The summed E-state index contributed by atoms with van der Waals surface area (Å²) in [5, 5.41) is 9.83. The maximum Gasteiger partial charge on any atom is 0.272 e. The standard InChI is InChI=1S/C30H27N3O4S/c1-4-33-25-10-6-5-9-22(25)23-17-20(12-13-26(23)33)31-30(35)24(18-21-8-7-15-38-21)32-29(34)19-11-14-27(36-2)28(16-19)37-3/h5-18H,4H2,1-3H3,(H,31,35)(H,32,34)/b24-18-. The summed E-state index contributed by atoms with van der Waals surface area (Å²) in [6, 6.07) is 22.7. The van der Waals surface area contributed by atoms with Crippen molar-refractivity contribution in [2.45, 2.75) is 13.5 Å². The third kappa shape index (κ3) is 4.86. The lowest BCUT2D eigenvalue weighted by molar-refractivity contribution is -0.113. The van der Waals surface area contributed by atoms with Crippen LogP contribution in [0.3, 0.4) is 0 Å². The van der Waals surface area contributed by atoms with Crippen LogP contribution in [-0.2, 0) is 11.3 Å². The lowest BCUT2D eigenvalue weighted by atomic mass is 10.1. The quantitative estimate of drug-likeness (QED) is 0.233. The zero-order valence-corrected chi connectivity index (χ0v) is 22.1. The first-order valence-corrected chi connectivity index (χ1v) is 13.0. The number of hydrogen-bond donors (Lipinski definition) is 2. The van der Waals surface area contributed by atoms with Crippen LogP contribution in [0, 0.1) is 0 Å². The summed E-state index contributed by atoms with van der Waals surface area (Å²) in [7, 11) is 3.03. The van der Waals surface area contributed by atoms with Crippen LogP contribution in [0.25, 0.3) is 27.9 Å². The number of hydrogen-bond acceptors (Lipinski definition) is 5. The van der Waals surface area contributed by atoms with Gasteiger partial charge in [-0.05, 0) is 66.9 Å². The summed E-state index contributed by atoms with van der Waals surface area (Å²) in [6.45, 7) is 2.95. The Kier molecular flexibility index (Phi) is 7.15. The highest BCUT2D eigenvalue weighted by Crippen LogP contribution is 2.31. The number of fused-ring (bicyclic) bond motifs is 3. The summed E-state index contributed by atoms with van der Waals surface area (Å²) >= 11 is 1.47. The number of aromatic nitrogens is 1. The number of anilines is 1. The molecule has 0 aliphatic heterocycles. The smallest absolute Gasteiger partial charge is 0.272 e. The van der Waals surface area contributed by atoms with Gasteiger partial charge in [0.25, 0.3) is 11.8 Å². The Balaban J connectivity index is 1.45. The van der Waals surface area contributed by atoms with Crippen LogP contribution in [-0.4, -0.2) is 30.6 Å². The Morgan fingerprint density at radius 1 is 0.895 bits per heavy atom. The summed E-state index contributed by atoms with van der Waals surface area (Å²) in [6.07, 6.45) is 1.67. The first-order valence-electron chi connectivity index (χ1n) is 12.1. The molecule has 0 bridgehead atoms. The third-order valence-corrected chi connectivity index (χ3v) is 7.13. The number of rotatable bonds is 8. The van der Waals surface area contributed by atoms with Gasteiger partial charge < -0.3 is 24.7 Å². The summed E-state index contributed by atoms with van der Waals surface area (Å²) < 4.78 is 12.8. The minimum absolute atomic E-state index is 0.128. The van der Waals surface area contributed by atoms with E-state index in [1.165, 1.54) is 25.6 Å². The van der Waals surface area contributed by atoms with Gasteiger partial charge in [-0.15, -0.1) is 11.3 Å². The average molecular weight is 526 g/mol. The maximum atomic E-state index is 13.5. The second-order valence-electron chi connectivity index (χ2n) is 8.54. The molecule has 0 spiro atoms. The second kappa shape index (κ2) is 10.8. The third-order valence-electron chi connectivity index (χ3n) is 6.31. The van der Waals surface area contributed by atoms with Gasteiger partial charge in [0.05, 0.1) is 14.2 Å². The van der Waals surface area contributed by atoms with Crippen molar-refractivity contribution < 1.29 is 19.1 Å². The Morgan fingerprint density at radius 3 is 2.42 bits per heavy atom. The van der Waals surface area contributed by atoms with Gasteiger partial charge >= 0.3 is 0 Å². The van der Waals surface area contributed by atoms with Crippen molar-refractivity contribution in [3.05, 3.63) is 94.3 Å². The first kappa shape index (κ1) is 25.1. The largest absolute Gasteiger partial charge is 0.493 e. The molecule has 3 aromatic carbocycles. The van der Waals surface area contributed by atoms with Crippen molar-refractivity contribution in [2.75, 3.05) is 19.5 Å². The molecule has 2 heterocycles. The van der Waals surface area contributed by atoms with Gasteiger partial charge in [-0.1, -0.05) is 24.3 Å². The molecule has 8 heteroatoms. The van der Waals surface area contributed by atoms with E-state index in [0.717, 1.165) is 33.2 Å². The Hall–Kier alpha value is -4.56. The molecular weight excluding hydrogens is 498 g/mol. The Bertz CT molecular complexity index is 1670. The minimum atomic E-state index is -0.439. The Labute approximate surface area is 224 Å². The molecular formula is C30H27N3O4S. The number of thiophene rings is 1. The van der Waals surface area contributed by atoms with Crippen molar-refractivity contribution in [2.24, 2.45) is 0 Å². The zero-order valence-electron chi connectivity index (χ0n) is 21.3. The van der Waals surface area contributed by atoms with E-state index in [1.807, 2.05) is 47.8 Å². The monoisotopic (exact) mass is 525 g/mol. The van der Waals surface area contributed by atoms with Gasteiger partial charge in [-0.25, -0.2) is 0 Å². The van der Waals surface area contributed by atoms with E-state index in [-0.39, 0.29) is 5.70 Å². The number of ether oxygens (including phenoxy) is 2. The van der Waals surface area contributed by atoms with Crippen molar-refractivity contribution in [1.29, 1.82) is 0 Å². The van der Waals surface area contributed by atoms with Crippen molar-refractivity contribution in [3.8, 4) is 11.5 Å². The van der Waals surface area contributed by atoms with E-state index >= 15 is 0 Å². The van der Waals surface area contributed by atoms with E-state index in [0.29, 0.717) is 22.7 Å². The highest BCUT2D eigenvalue weighted by Gasteiger charge is 2.18. The topological polar surface area (TPSA) is 81.6 Å². The van der Waals surface area contributed by atoms with E-state index < -0.39 is 11.8 Å². The summed E-state index contributed by atoms with van der Waals surface area (Å²) in [5.41, 5.74) is 3.35. The van der Waals surface area contributed by atoms with Crippen LogP contribution >= 0.6 is 11.3 Å². The zero-order chi connectivity index (χ0) is 26.6. The van der Waals surface area contributed by atoms with Crippen molar-refractivity contribution in [3.63, 3.8) is 0 Å². The van der Waals surface area contributed by atoms with Crippen molar-refractivity contribution >= 4 is 56.7 Å². The molecule has 2 N–H and O–H groups in total. The molecule has 5 rings (SSSR count). The predicted molar refractivity (Wildman–Crippen MR) is 153 cm³/mol. The molecule has 2 aromatic heterocycles. The molecule has 7 nitrogen and oxygen atoms in total. The molecule has 2 amide bonds. The van der Waals surface area contributed by atoms with Gasteiger partial charge in [0, 0.05) is 44.5 Å². The van der Waals surface area contributed by atoms with Gasteiger partial charge in [-0.2, -0.15) is 0 Å². The highest BCUT2D eigenvalue weighted by atomic mass is 32.1. The summed E-state index contributed by atoms with van der Waals surface area (Å²) in [5.74, 6) is 0.0695. The number of nitrogens with zero attached hydrogens (tertiary/aromatic N) is 1. The number of methoxy groups -OCH3 is 2. The van der Waals surface area contributed by atoms with Gasteiger partial charge in [0.1, 0.15) is 5.70 Å². The number of benzene rings is 3. The molecule has 0 saturated heterocycles. The molecule has 0 fully saturated rings. The van der Waals surface area contributed by atoms with Crippen LogP contribution in [0.2, 0.25) is 0 Å². The van der Waals surface area contributed by atoms with Crippen LogP contribution in [0.1, 0.15) is 22.2 Å². The van der Waals surface area contributed by atoms with Crippen LogP contribution < -0.4 is 20.1 Å². The van der Waals surface area contributed by atoms with Gasteiger partial charge in [-0.3, -0.25) is 9.59 Å². The molecule has 0 aliphatic rings. The molecule has 0 radical (unpaired) electrons. The number of nitrogens with one attached hydrogen (secondary N) is 2. The van der Waals surface area contributed by atoms with E-state index in [4.69, 9.17) is 9.47 Å². The molecule has 0 aliphatic carbocycles. The molecule has 38 heavy (non-hydrogen) atoms. The normalized spacial score (nSPS) is 11.5. The molecule has 192 valence electrons. The lowest BCUT2D eigenvalue weighted by Crippen LogP contribution is -2.30.